The Balaban J connectivity index is 2.46. The molecule has 0 aliphatic heterocycles. The van der Waals surface area contributed by atoms with Crippen molar-refractivity contribution < 1.29 is 0 Å². The monoisotopic (exact) mass is 256 g/mol. The second-order valence-electron chi connectivity index (χ2n) is 5.33. The number of nitrogens with one attached hydrogen (secondary N) is 1. The van der Waals surface area contributed by atoms with Crippen LogP contribution < -0.4 is 10.2 Å². The zero-order valence-electron chi connectivity index (χ0n) is 12.4. The van der Waals surface area contributed by atoms with E-state index in [9.17, 15) is 0 Å². The Labute approximate surface area is 116 Å². The fraction of sp³-hybridized carbons (Fsp3) is 0.412. The standard InChI is InChI=1S/C17H24N2/c1-5-10-18-13(2)15-11-14-8-6-7-9-16(14)17(12-15)19(3)4/h6-9,11-13,18H,5,10H2,1-4H3. The Morgan fingerprint density at radius 3 is 2.58 bits per heavy atom. The molecule has 2 heteroatoms. The van der Waals surface area contributed by atoms with Crippen LogP contribution >= 0.6 is 0 Å². The average molecular weight is 256 g/mol. The lowest BCUT2D eigenvalue weighted by molar-refractivity contribution is 0.571. The molecule has 19 heavy (non-hydrogen) atoms. The molecule has 0 radical (unpaired) electrons. The molecule has 2 aromatic rings. The van der Waals surface area contributed by atoms with Crippen molar-refractivity contribution in [2.24, 2.45) is 0 Å². The van der Waals surface area contributed by atoms with Crippen LogP contribution in [0.1, 0.15) is 31.9 Å². The molecule has 2 rings (SSSR count). The normalized spacial score (nSPS) is 12.6. The Morgan fingerprint density at radius 2 is 1.89 bits per heavy atom. The SMILES string of the molecule is CCCNC(C)c1cc(N(C)C)c2ccccc2c1. The van der Waals surface area contributed by atoms with Crippen molar-refractivity contribution in [1.82, 2.24) is 5.32 Å². The Hall–Kier alpha value is -1.54. The molecule has 0 aromatic heterocycles. The van der Waals surface area contributed by atoms with Crippen LogP contribution in [0, 0.1) is 0 Å². The van der Waals surface area contributed by atoms with Crippen molar-refractivity contribution in [2.45, 2.75) is 26.3 Å². The number of hydrogen-bond donors (Lipinski definition) is 1. The quantitative estimate of drug-likeness (QED) is 0.871. The fourth-order valence-corrected chi connectivity index (χ4v) is 2.41. The third-order valence-corrected chi connectivity index (χ3v) is 3.54. The van der Waals surface area contributed by atoms with Gasteiger partial charge in [0.15, 0.2) is 0 Å². The van der Waals surface area contributed by atoms with Gasteiger partial charge in [-0.3, -0.25) is 0 Å². The van der Waals surface area contributed by atoms with Gasteiger partial charge in [0.2, 0.25) is 0 Å². The first kappa shape index (κ1) is 13.9. The molecule has 0 bridgehead atoms. The summed E-state index contributed by atoms with van der Waals surface area (Å²) in [5.41, 5.74) is 2.65. The van der Waals surface area contributed by atoms with Gasteiger partial charge in [-0.05, 0) is 43.0 Å². The Kier molecular flexibility index (Phi) is 4.43. The molecule has 2 nitrogen and oxygen atoms in total. The summed E-state index contributed by atoms with van der Waals surface area (Å²) < 4.78 is 0. The lowest BCUT2D eigenvalue weighted by Crippen LogP contribution is -2.20. The predicted molar refractivity (Wildman–Crippen MR) is 85.0 cm³/mol. The number of benzene rings is 2. The highest BCUT2D eigenvalue weighted by Crippen LogP contribution is 2.29. The van der Waals surface area contributed by atoms with Gasteiger partial charge in [0.05, 0.1) is 0 Å². The van der Waals surface area contributed by atoms with E-state index in [1.54, 1.807) is 0 Å². The molecular weight excluding hydrogens is 232 g/mol. The summed E-state index contributed by atoms with van der Waals surface area (Å²) in [4.78, 5) is 2.19. The first-order chi connectivity index (χ1) is 9.13. The third-order valence-electron chi connectivity index (χ3n) is 3.54. The minimum Gasteiger partial charge on any atom is -0.377 e. The highest BCUT2D eigenvalue weighted by molar-refractivity contribution is 5.95. The fourth-order valence-electron chi connectivity index (χ4n) is 2.41. The maximum Gasteiger partial charge on any atom is 0.0444 e. The molecule has 0 saturated heterocycles. The van der Waals surface area contributed by atoms with Crippen molar-refractivity contribution in [1.29, 1.82) is 0 Å². The minimum absolute atomic E-state index is 0.392. The molecule has 0 fully saturated rings. The Bertz CT molecular complexity index is 546. The van der Waals surface area contributed by atoms with Gasteiger partial charge >= 0.3 is 0 Å². The summed E-state index contributed by atoms with van der Waals surface area (Å²) in [6.07, 6.45) is 1.17. The van der Waals surface area contributed by atoms with Crippen molar-refractivity contribution >= 4 is 16.5 Å². The van der Waals surface area contributed by atoms with E-state index in [0.29, 0.717) is 6.04 Å². The molecule has 102 valence electrons. The van der Waals surface area contributed by atoms with Crippen LogP contribution in [0.2, 0.25) is 0 Å². The van der Waals surface area contributed by atoms with Gasteiger partial charge < -0.3 is 10.2 Å². The van der Waals surface area contributed by atoms with E-state index in [1.807, 2.05) is 0 Å². The molecule has 0 heterocycles. The summed E-state index contributed by atoms with van der Waals surface area (Å²) in [6.45, 7) is 5.50. The molecule has 0 aliphatic rings. The molecule has 1 atom stereocenters. The maximum atomic E-state index is 3.56. The van der Waals surface area contributed by atoms with Crippen LogP contribution in [-0.4, -0.2) is 20.6 Å². The lowest BCUT2D eigenvalue weighted by atomic mass is 10.0. The lowest BCUT2D eigenvalue weighted by Gasteiger charge is -2.20. The van der Waals surface area contributed by atoms with Crippen LogP contribution in [-0.2, 0) is 0 Å². The maximum absolute atomic E-state index is 3.56. The number of nitrogens with zero attached hydrogens (tertiary/aromatic N) is 1. The number of fused-ring (bicyclic) bond motifs is 1. The van der Waals surface area contributed by atoms with E-state index in [4.69, 9.17) is 0 Å². The molecule has 0 amide bonds. The first-order valence-corrected chi connectivity index (χ1v) is 7.07. The second-order valence-corrected chi connectivity index (χ2v) is 5.33. The molecule has 1 unspecified atom stereocenters. The van der Waals surface area contributed by atoms with Crippen molar-refractivity contribution in [2.75, 3.05) is 25.5 Å². The molecular formula is C17H24N2. The van der Waals surface area contributed by atoms with Gasteiger partial charge in [-0.1, -0.05) is 31.2 Å². The number of anilines is 1. The molecule has 0 spiro atoms. The van der Waals surface area contributed by atoms with E-state index < -0.39 is 0 Å². The van der Waals surface area contributed by atoms with Gasteiger partial charge in [0, 0.05) is 31.2 Å². The van der Waals surface area contributed by atoms with Crippen LogP contribution in [0.15, 0.2) is 36.4 Å². The molecule has 1 N–H and O–H groups in total. The second kappa shape index (κ2) is 6.07. The first-order valence-electron chi connectivity index (χ1n) is 7.07. The van der Waals surface area contributed by atoms with E-state index >= 15 is 0 Å². The third kappa shape index (κ3) is 3.07. The van der Waals surface area contributed by atoms with Crippen LogP contribution in [0.5, 0.6) is 0 Å². The van der Waals surface area contributed by atoms with E-state index in [1.165, 1.54) is 28.4 Å². The summed E-state index contributed by atoms with van der Waals surface area (Å²) in [5, 5.41) is 6.19. The zero-order chi connectivity index (χ0) is 13.8. The summed E-state index contributed by atoms with van der Waals surface area (Å²) >= 11 is 0. The number of hydrogen-bond acceptors (Lipinski definition) is 2. The van der Waals surface area contributed by atoms with Gasteiger partial charge in [-0.15, -0.1) is 0 Å². The summed E-state index contributed by atoms with van der Waals surface area (Å²) in [5.74, 6) is 0. The summed E-state index contributed by atoms with van der Waals surface area (Å²) in [7, 11) is 4.21. The molecule has 0 saturated carbocycles. The van der Waals surface area contributed by atoms with E-state index in [2.05, 4.69) is 74.6 Å². The smallest absolute Gasteiger partial charge is 0.0444 e. The van der Waals surface area contributed by atoms with Crippen LogP contribution in [0.4, 0.5) is 5.69 Å². The Morgan fingerprint density at radius 1 is 1.16 bits per heavy atom. The van der Waals surface area contributed by atoms with Crippen LogP contribution in [0.25, 0.3) is 10.8 Å². The highest BCUT2D eigenvalue weighted by Gasteiger charge is 2.10. The van der Waals surface area contributed by atoms with Crippen molar-refractivity contribution in [3.05, 3.63) is 42.0 Å². The highest BCUT2D eigenvalue weighted by atomic mass is 15.1. The van der Waals surface area contributed by atoms with Gasteiger partial charge in [0.25, 0.3) is 0 Å². The van der Waals surface area contributed by atoms with Gasteiger partial charge in [0.1, 0.15) is 0 Å². The summed E-state index contributed by atoms with van der Waals surface area (Å²) in [6, 6.07) is 13.6. The van der Waals surface area contributed by atoms with Crippen molar-refractivity contribution in [3.8, 4) is 0 Å². The predicted octanol–water partition coefficient (Wildman–Crippen LogP) is 3.97. The largest absolute Gasteiger partial charge is 0.377 e. The average Bonchev–Trinajstić information content (AvgIpc) is 2.43. The molecule has 2 aromatic carbocycles. The van der Waals surface area contributed by atoms with Gasteiger partial charge in [-0.25, -0.2) is 0 Å². The van der Waals surface area contributed by atoms with Crippen LogP contribution in [0.3, 0.4) is 0 Å². The van der Waals surface area contributed by atoms with E-state index in [-0.39, 0.29) is 0 Å². The van der Waals surface area contributed by atoms with Crippen molar-refractivity contribution in [3.63, 3.8) is 0 Å². The molecule has 0 aliphatic carbocycles. The van der Waals surface area contributed by atoms with Gasteiger partial charge in [-0.2, -0.15) is 0 Å². The van der Waals surface area contributed by atoms with E-state index in [0.717, 1.165) is 6.54 Å². The zero-order valence-corrected chi connectivity index (χ0v) is 12.4. The topological polar surface area (TPSA) is 15.3 Å². The minimum atomic E-state index is 0.392. The number of rotatable bonds is 5.